The largest absolute Gasteiger partial charge is 0.389 e. The minimum atomic E-state index is -0.243. The molecule has 1 amide bonds. The predicted octanol–water partition coefficient (Wildman–Crippen LogP) is 1.30. The second-order valence-electron chi connectivity index (χ2n) is 3.34. The predicted molar refractivity (Wildman–Crippen MR) is 68.9 cm³/mol. The maximum Gasteiger partial charge on any atom is 0.256 e. The Hall–Kier alpha value is -2.21. The first-order valence-corrected chi connectivity index (χ1v) is 5.29. The molecule has 6 heteroatoms. The van der Waals surface area contributed by atoms with Crippen molar-refractivity contribution in [2.24, 2.45) is 5.73 Å². The second kappa shape index (κ2) is 4.75. The van der Waals surface area contributed by atoms with Crippen LogP contribution in [0.3, 0.4) is 0 Å². The van der Waals surface area contributed by atoms with E-state index in [9.17, 15) is 4.79 Å². The Balaban J connectivity index is 2.19. The molecule has 0 aliphatic rings. The van der Waals surface area contributed by atoms with Gasteiger partial charge in [0, 0.05) is 5.56 Å². The number of anilines is 1. The number of nitrogens with one attached hydrogen (secondary N) is 2. The molecule has 0 spiro atoms. The van der Waals surface area contributed by atoms with E-state index in [0.29, 0.717) is 16.9 Å². The number of thiocarbonyl (C=S) groups is 1. The number of aromatic nitrogens is 2. The van der Waals surface area contributed by atoms with E-state index in [0.717, 1.165) is 0 Å². The van der Waals surface area contributed by atoms with Crippen LogP contribution in [-0.4, -0.2) is 21.1 Å². The van der Waals surface area contributed by atoms with Crippen LogP contribution in [0.15, 0.2) is 36.5 Å². The number of carbonyl (C=O) groups excluding carboxylic acids is 1. The Morgan fingerprint density at radius 2 is 2.06 bits per heavy atom. The molecule has 0 unspecified atom stereocenters. The van der Waals surface area contributed by atoms with Crippen LogP contribution in [0.1, 0.15) is 15.9 Å². The number of rotatable bonds is 3. The van der Waals surface area contributed by atoms with Crippen molar-refractivity contribution in [2.45, 2.75) is 0 Å². The fraction of sp³-hybridized carbons (Fsp3) is 0. The Bertz CT molecular complexity index is 550. The molecule has 1 aromatic heterocycles. The molecular weight excluding hydrogens is 236 g/mol. The van der Waals surface area contributed by atoms with Crippen LogP contribution in [0.4, 0.5) is 5.82 Å². The van der Waals surface area contributed by atoms with E-state index < -0.39 is 0 Å². The van der Waals surface area contributed by atoms with Crippen LogP contribution in [-0.2, 0) is 0 Å². The van der Waals surface area contributed by atoms with Gasteiger partial charge in [-0.25, -0.2) is 0 Å². The SMILES string of the molecule is NC(=S)c1cn[nH]c1NC(=O)c1ccccc1. The van der Waals surface area contributed by atoms with E-state index in [1.54, 1.807) is 24.3 Å². The van der Waals surface area contributed by atoms with Crippen molar-refractivity contribution in [3.63, 3.8) is 0 Å². The number of amides is 1. The molecule has 2 rings (SSSR count). The van der Waals surface area contributed by atoms with Crippen LogP contribution >= 0.6 is 12.2 Å². The molecule has 0 atom stereocenters. The summed E-state index contributed by atoms with van der Waals surface area (Å²) in [4.78, 5) is 12.0. The first-order valence-electron chi connectivity index (χ1n) is 4.88. The summed E-state index contributed by atoms with van der Waals surface area (Å²) >= 11 is 4.84. The molecule has 1 aromatic carbocycles. The third-order valence-electron chi connectivity index (χ3n) is 2.18. The highest BCUT2D eigenvalue weighted by molar-refractivity contribution is 7.80. The molecule has 1 heterocycles. The normalized spacial score (nSPS) is 9.88. The summed E-state index contributed by atoms with van der Waals surface area (Å²) in [6.07, 6.45) is 1.48. The van der Waals surface area contributed by atoms with Gasteiger partial charge in [-0.2, -0.15) is 5.10 Å². The lowest BCUT2D eigenvalue weighted by molar-refractivity contribution is 0.102. The summed E-state index contributed by atoms with van der Waals surface area (Å²) in [6, 6.07) is 8.85. The van der Waals surface area contributed by atoms with Gasteiger partial charge in [0.05, 0.1) is 11.8 Å². The highest BCUT2D eigenvalue weighted by atomic mass is 32.1. The Morgan fingerprint density at radius 3 is 2.71 bits per heavy atom. The average molecular weight is 246 g/mol. The van der Waals surface area contributed by atoms with Crippen LogP contribution in [0.5, 0.6) is 0 Å². The Labute approximate surface area is 103 Å². The van der Waals surface area contributed by atoms with Crippen molar-refractivity contribution in [3.05, 3.63) is 47.7 Å². The van der Waals surface area contributed by atoms with E-state index in [-0.39, 0.29) is 10.9 Å². The monoisotopic (exact) mass is 246 g/mol. The summed E-state index contributed by atoms with van der Waals surface area (Å²) in [7, 11) is 0. The summed E-state index contributed by atoms with van der Waals surface area (Å²) in [5.41, 5.74) is 6.56. The second-order valence-corrected chi connectivity index (χ2v) is 3.78. The fourth-order valence-electron chi connectivity index (χ4n) is 1.34. The van der Waals surface area contributed by atoms with Crippen LogP contribution in [0, 0.1) is 0 Å². The van der Waals surface area contributed by atoms with Gasteiger partial charge in [0.1, 0.15) is 10.8 Å². The van der Waals surface area contributed by atoms with E-state index in [1.165, 1.54) is 6.20 Å². The van der Waals surface area contributed by atoms with Crippen molar-refractivity contribution in [1.29, 1.82) is 0 Å². The van der Waals surface area contributed by atoms with Gasteiger partial charge in [-0.05, 0) is 12.1 Å². The number of aromatic amines is 1. The molecule has 17 heavy (non-hydrogen) atoms. The van der Waals surface area contributed by atoms with Gasteiger partial charge in [0.15, 0.2) is 0 Å². The highest BCUT2D eigenvalue weighted by Gasteiger charge is 2.11. The smallest absolute Gasteiger partial charge is 0.256 e. The first kappa shape index (κ1) is 11.3. The maximum absolute atomic E-state index is 11.8. The molecule has 0 aliphatic heterocycles. The van der Waals surface area contributed by atoms with Gasteiger partial charge in [-0.15, -0.1) is 0 Å². The van der Waals surface area contributed by atoms with Gasteiger partial charge >= 0.3 is 0 Å². The number of hydrogen-bond acceptors (Lipinski definition) is 3. The molecule has 0 radical (unpaired) electrons. The van der Waals surface area contributed by atoms with Gasteiger partial charge in [0.25, 0.3) is 5.91 Å². The molecule has 0 fully saturated rings. The summed E-state index contributed by atoms with van der Waals surface area (Å²) in [5, 5.41) is 9.08. The lowest BCUT2D eigenvalue weighted by atomic mass is 10.2. The third kappa shape index (κ3) is 2.48. The van der Waals surface area contributed by atoms with Crippen molar-refractivity contribution in [2.75, 3.05) is 5.32 Å². The number of H-pyrrole nitrogens is 1. The lowest BCUT2D eigenvalue weighted by Crippen LogP contribution is -2.16. The molecule has 86 valence electrons. The summed E-state index contributed by atoms with van der Waals surface area (Å²) in [5.74, 6) is 0.165. The zero-order valence-corrected chi connectivity index (χ0v) is 9.62. The minimum absolute atomic E-state index is 0.183. The molecular formula is C11H10N4OS. The van der Waals surface area contributed by atoms with Crippen LogP contribution < -0.4 is 11.1 Å². The standard InChI is InChI=1S/C11H10N4OS/c12-9(17)8-6-13-15-10(8)14-11(16)7-4-2-1-3-5-7/h1-6H,(H2,12,17)(H2,13,14,15,16). The molecule has 0 saturated heterocycles. The number of carbonyl (C=O) groups is 1. The van der Waals surface area contributed by atoms with Crippen LogP contribution in [0.25, 0.3) is 0 Å². The molecule has 5 nitrogen and oxygen atoms in total. The minimum Gasteiger partial charge on any atom is -0.389 e. The third-order valence-corrected chi connectivity index (χ3v) is 2.40. The van der Waals surface area contributed by atoms with Crippen molar-refractivity contribution in [3.8, 4) is 0 Å². The highest BCUT2D eigenvalue weighted by Crippen LogP contribution is 2.12. The average Bonchev–Trinajstić information content (AvgIpc) is 2.78. The van der Waals surface area contributed by atoms with Crippen molar-refractivity contribution < 1.29 is 4.79 Å². The summed E-state index contributed by atoms with van der Waals surface area (Å²) < 4.78 is 0. The van der Waals surface area contributed by atoms with E-state index in [1.807, 2.05) is 6.07 Å². The Kier molecular flexibility index (Phi) is 3.15. The number of benzene rings is 1. The van der Waals surface area contributed by atoms with Crippen LogP contribution in [0.2, 0.25) is 0 Å². The zero-order valence-electron chi connectivity index (χ0n) is 8.81. The van der Waals surface area contributed by atoms with Gasteiger partial charge in [-0.1, -0.05) is 30.4 Å². The molecule has 4 N–H and O–H groups in total. The lowest BCUT2D eigenvalue weighted by Gasteiger charge is -2.04. The van der Waals surface area contributed by atoms with Crippen molar-refractivity contribution in [1.82, 2.24) is 10.2 Å². The van der Waals surface area contributed by atoms with E-state index in [4.69, 9.17) is 18.0 Å². The Morgan fingerprint density at radius 1 is 1.35 bits per heavy atom. The maximum atomic E-state index is 11.8. The molecule has 0 aliphatic carbocycles. The zero-order chi connectivity index (χ0) is 12.3. The quantitative estimate of drug-likeness (QED) is 0.713. The first-order chi connectivity index (χ1) is 8.18. The van der Waals surface area contributed by atoms with Gasteiger partial charge in [-0.3, -0.25) is 9.89 Å². The summed E-state index contributed by atoms with van der Waals surface area (Å²) in [6.45, 7) is 0. The molecule has 2 aromatic rings. The molecule has 0 saturated carbocycles. The number of hydrogen-bond donors (Lipinski definition) is 3. The topological polar surface area (TPSA) is 83.8 Å². The van der Waals surface area contributed by atoms with Crippen molar-refractivity contribution >= 4 is 28.9 Å². The van der Waals surface area contributed by atoms with Gasteiger partial charge < -0.3 is 11.1 Å². The fourth-order valence-corrected chi connectivity index (χ4v) is 1.50. The van der Waals surface area contributed by atoms with E-state index in [2.05, 4.69) is 15.5 Å². The number of nitrogens with zero attached hydrogens (tertiary/aromatic N) is 1. The van der Waals surface area contributed by atoms with Gasteiger partial charge in [0.2, 0.25) is 0 Å². The van der Waals surface area contributed by atoms with E-state index >= 15 is 0 Å². The molecule has 0 bridgehead atoms. The number of nitrogens with two attached hydrogens (primary N) is 1.